The molecular weight excluding hydrogens is 276 g/mol. The maximum atomic E-state index is 4.99. The van der Waals surface area contributed by atoms with E-state index in [9.17, 15) is 0 Å². The minimum Gasteiger partial charge on any atom is -0.309 e. The average Bonchev–Trinajstić information content (AvgIpc) is 3.39. The van der Waals surface area contributed by atoms with Gasteiger partial charge in [-0.05, 0) is 43.7 Å². The highest BCUT2D eigenvalue weighted by Gasteiger charge is 2.30. The Labute approximate surface area is 130 Å². The van der Waals surface area contributed by atoms with Crippen molar-refractivity contribution in [3.05, 3.63) is 51.0 Å². The van der Waals surface area contributed by atoms with E-state index in [2.05, 4.69) is 36.5 Å². The van der Waals surface area contributed by atoms with E-state index in [1.807, 2.05) is 11.3 Å². The normalized spacial score (nSPS) is 18.1. The molecule has 2 nitrogen and oxygen atoms in total. The highest BCUT2D eigenvalue weighted by Crippen LogP contribution is 2.43. The Balaban J connectivity index is 1.54. The third-order valence-corrected chi connectivity index (χ3v) is 5.54. The molecule has 0 aliphatic heterocycles. The number of hydrogen-bond acceptors (Lipinski definition) is 3. The van der Waals surface area contributed by atoms with Gasteiger partial charge in [-0.3, -0.25) is 0 Å². The van der Waals surface area contributed by atoms with Gasteiger partial charge in [0.2, 0.25) is 0 Å². The van der Waals surface area contributed by atoms with E-state index in [-0.39, 0.29) is 0 Å². The van der Waals surface area contributed by atoms with Crippen LogP contribution < -0.4 is 5.32 Å². The van der Waals surface area contributed by atoms with Gasteiger partial charge in [0.15, 0.2) is 0 Å². The lowest BCUT2D eigenvalue weighted by atomic mass is 10.1. The highest BCUT2D eigenvalue weighted by atomic mass is 32.1. The first-order valence-electron chi connectivity index (χ1n) is 8.06. The smallest absolute Gasteiger partial charge is 0.0975 e. The van der Waals surface area contributed by atoms with Crippen molar-refractivity contribution in [2.24, 2.45) is 0 Å². The quantitative estimate of drug-likeness (QED) is 0.865. The summed E-state index contributed by atoms with van der Waals surface area (Å²) in [6.07, 6.45) is 6.37. The predicted octanol–water partition coefficient (Wildman–Crippen LogP) is 4.17. The first-order valence-corrected chi connectivity index (χ1v) is 8.87. The predicted molar refractivity (Wildman–Crippen MR) is 87.9 cm³/mol. The van der Waals surface area contributed by atoms with Crippen LogP contribution in [0, 0.1) is 6.92 Å². The summed E-state index contributed by atoms with van der Waals surface area (Å²) in [4.78, 5) is 6.48. The van der Waals surface area contributed by atoms with E-state index in [0.29, 0.717) is 0 Å². The van der Waals surface area contributed by atoms with Crippen molar-refractivity contribution in [2.75, 3.05) is 0 Å². The minimum atomic E-state index is 0.753. The Bertz CT molecular complexity index is 638. The van der Waals surface area contributed by atoms with Gasteiger partial charge in [0, 0.05) is 29.8 Å². The maximum absolute atomic E-state index is 4.99. The lowest BCUT2D eigenvalue weighted by Crippen LogP contribution is -2.15. The van der Waals surface area contributed by atoms with E-state index >= 15 is 0 Å². The van der Waals surface area contributed by atoms with Gasteiger partial charge in [-0.1, -0.05) is 24.3 Å². The van der Waals surface area contributed by atoms with E-state index in [4.69, 9.17) is 4.98 Å². The molecule has 0 radical (unpaired) electrons. The number of hydrogen-bond donors (Lipinski definition) is 1. The van der Waals surface area contributed by atoms with Crippen LogP contribution in [0.25, 0.3) is 0 Å². The molecule has 1 N–H and O–H groups in total. The van der Waals surface area contributed by atoms with Gasteiger partial charge < -0.3 is 5.32 Å². The maximum Gasteiger partial charge on any atom is 0.0975 e. The second-order valence-electron chi connectivity index (χ2n) is 6.45. The van der Waals surface area contributed by atoms with Crippen LogP contribution in [-0.4, -0.2) is 11.0 Å². The first-order chi connectivity index (χ1) is 10.3. The zero-order valence-corrected chi connectivity index (χ0v) is 13.4. The van der Waals surface area contributed by atoms with Crippen LogP contribution in [0.5, 0.6) is 0 Å². The molecule has 2 aromatic rings. The molecule has 1 heterocycles. The molecule has 0 spiro atoms. The Morgan fingerprint density at radius 1 is 1.19 bits per heavy atom. The molecule has 1 aromatic carbocycles. The lowest BCUT2D eigenvalue weighted by Gasteiger charge is -2.02. The van der Waals surface area contributed by atoms with Crippen LogP contribution in [0.3, 0.4) is 0 Å². The summed E-state index contributed by atoms with van der Waals surface area (Å²) in [6.45, 7) is 3.22. The fourth-order valence-corrected chi connectivity index (χ4v) is 3.92. The molecule has 0 bridgehead atoms. The summed E-state index contributed by atoms with van der Waals surface area (Å²) < 4.78 is 0. The largest absolute Gasteiger partial charge is 0.309 e. The molecule has 0 amide bonds. The topological polar surface area (TPSA) is 24.9 Å². The van der Waals surface area contributed by atoms with Crippen molar-refractivity contribution in [2.45, 2.75) is 57.5 Å². The van der Waals surface area contributed by atoms with E-state index in [1.54, 1.807) is 0 Å². The average molecular weight is 298 g/mol. The summed E-state index contributed by atoms with van der Waals surface area (Å²) in [6, 6.07) is 9.45. The Morgan fingerprint density at radius 3 is 2.71 bits per heavy atom. The van der Waals surface area contributed by atoms with Gasteiger partial charge in [-0.25, -0.2) is 4.98 Å². The number of nitrogens with one attached hydrogen (secondary N) is 1. The van der Waals surface area contributed by atoms with Crippen molar-refractivity contribution < 1.29 is 0 Å². The van der Waals surface area contributed by atoms with Crippen LogP contribution in [0.2, 0.25) is 0 Å². The number of benzene rings is 1. The van der Waals surface area contributed by atoms with Crippen LogP contribution in [0.4, 0.5) is 0 Å². The van der Waals surface area contributed by atoms with Crippen molar-refractivity contribution in [3.8, 4) is 0 Å². The van der Waals surface area contributed by atoms with Crippen molar-refractivity contribution >= 4 is 11.3 Å². The van der Waals surface area contributed by atoms with Crippen LogP contribution in [0.15, 0.2) is 24.3 Å². The van der Waals surface area contributed by atoms with Gasteiger partial charge in [-0.15, -0.1) is 11.3 Å². The second-order valence-corrected chi connectivity index (χ2v) is 7.62. The molecule has 21 heavy (non-hydrogen) atoms. The molecular formula is C18H22N2S. The van der Waals surface area contributed by atoms with Gasteiger partial charge in [0.25, 0.3) is 0 Å². The van der Waals surface area contributed by atoms with Gasteiger partial charge in [0.1, 0.15) is 0 Å². The second kappa shape index (κ2) is 5.54. The Morgan fingerprint density at radius 2 is 2.00 bits per heavy atom. The fourth-order valence-electron chi connectivity index (χ4n) is 2.79. The summed E-state index contributed by atoms with van der Waals surface area (Å²) in [7, 11) is 0. The standard InChI is InChI=1S/C18H22N2S/c1-12-4-2-3-5-14(12)10-17-20-18(13-6-7-13)16(21-17)11-19-15-8-9-15/h2-5,13,15,19H,6-11H2,1H3. The van der Waals surface area contributed by atoms with Crippen LogP contribution >= 0.6 is 11.3 Å². The summed E-state index contributed by atoms with van der Waals surface area (Å²) in [5, 5.41) is 4.95. The Kier molecular flexibility index (Phi) is 3.56. The molecule has 2 fully saturated rings. The molecule has 1 aromatic heterocycles. The van der Waals surface area contributed by atoms with Crippen LogP contribution in [-0.2, 0) is 13.0 Å². The van der Waals surface area contributed by atoms with Crippen molar-refractivity contribution in [1.82, 2.24) is 10.3 Å². The molecule has 3 heteroatoms. The molecule has 2 aliphatic carbocycles. The fraction of sp³-hybridized carbons (Fsp3) is 0.500. The zero-order valence-electron chi connectivity index (χ0n) is 12.6. The van der Waals surface area contributed by atoms with E-state index in [1.165, 1.54) is 52.4 Å². The summed E-state index contributed by atoms with van der Waals surface area (Å²) in [5.41, 5.74) is 4.19. The van der Waals surface area contributed by atoms with Gasteiger partial charge >= 0.3 is 0 Å². The van der Waals surface area contributed by atoms with E-state index in [0.717, 1.165) is 24.9 Å². The zero-order chi connectivity index (χ0) is 14.2. The number of aryl methyl sites for hydroxylation is 1. The Hall–Kier alpha value is -1.19. The monoisotopic (exact) mass is 298 g/mol. The number of nitrogens with zero attached hydrogens (tertiary/aromatic N) is 1. The lowest BCUT2D eigenvalue weighted by molar-refractivity contribution is 0.688. The molecule has 0 saturated heterocycles. The molecule has 2 saturated carbocycles. The SMILES string of the molecule is Cc1ccccc1Cc1nc(C2CC2)c(CNC2CC2)s1. The third-order valence-electron chi connectivity index (χ3n) is 4.47. The molecule has 110 valence electrons. The van der Waals surface area contributed by atoms with Crippen LogP contribution in [0.1, 0.15) is 58.3 Å². The van der Waals surface area contributed by atoms with Crippen molar-refractivity contribution in [3.63, 3.8) is 0 Å². The number of rotatable bonds is 6. The third kappa shape index (κ3) is 3.19. The minimum absolute atomic E-state index is 0.753. The highest BCUT2D eigenvalue weighted by molar-refractivity contribution is 7.11. The first kappa shape index (κ1) is 13.5. The number of thiazole rings is 1. The molecule has 2 aliphatic rings. The number of aromatic nitrogens is 1. The summed E-state index contributed by atoms with van der Waals surface area (Å²) >= 11 is 1.93. The molecule has 0 atom stereocenters. The van der Waals surface area contributed by atoms with Gasteiger partial charge in [0.05, 0.1) is 10.7 Å². The molecule has 4 rings (SSSR count). The molecule has 0 unspecified atom stereocenters. The van der Waals surface area contributed by atoms with Gasteiger partial charge in [-0.2, -0.15) is 0 Å². The van der Waals surface area contributed by atoms with E-state index < -0.39 is 0 Å². The summed E-state index contributed by atoms with van der Waals surface area (Å²) in [5.74, 6) is 0.753. The van der Waals surface area contributed by atoms with Crippen molar-refractivity contribution in [1.29, 1.82) is 0 Å².